The lowest BCUT2D eigenvalue weighted by atomic mass is 10.0. The van der Waals surface area contributed by atoms with Gasteiger partial charge in [0.25, 0.3) is 10.0 Å². The highest BCUT2D eigenvalue weighted by molar-refractivity contribution is 7.89. The molecule has 2 heterocycles. The topological polar surface area (TPSA) is 162 Å². The molecule has 1 aliphatic carbocycles. The zero-order valence-electron chi connectivity index (χ0n) is 24.2. The number of alkyl carbamates (subject to hydrolysis) is 1. The van der Waals surface area contributed by atoms with Crippen molar-refractivity contribution >= 4 is 21.8 Å². The van der Waals surface area contributed by atoms with Gasteiger partial charge in [-0.05, 0) is 49.4 Å². The number of carbonyl (C=O) groups is 1. The van der Waals surface area contributed by atoms with Gasteiger partial charge in [-0.3, -0.25) is 4.84 Å². The number of ether oxygens (including phenoxy) is 3. The van der Waals surface area contributed by atoms with E-state index in [0.29, 0.717) is 38.2 Å². The first-order valence-corrected chi connectivity index (χ1v) is 16.4. The molecule has 2 aliphatic heterocycles. The second-order valence-electron chi connectivity index (χ2n) is 11.2. The Morgan fingerprint density at radius 2 is 1.88 bits per heavy atom. The molecule has 43 heavy (non-hydrogen) atoms. The van der Waals surface area contributed by atoms with Gasteiger partial charge in [0.05, 0.1) is 48.8 Å². The van der Waals surface area contributed by atoms with Gasteiger partial charge < -0.3 is 35.7 Å². The maximum absolute atomic E-state index is 13.9. The number of anilines is 1. The number of hydrogen-bond acceptors (Lipinski definition) is 10. The van der Waals surface area contributed by atoms with E-state index in [1.54, 1.807) is 12.1 Å². The Morgan fingerprint density at radius 3 is 2.65 bits per heavy atom. The summed E-state index contributed by atoms with van der Waals surface area (Å²) in [6.45, 7) is 1.25. The summed E-state index contributed by atoms with van der Waals surface area (Å²) in [5.41, 5.74) is 7.05. The highest BCUT2D eigenvalue weighted by Gasteiger charge is 2.44. The summed E-state index contributed by atoms with van der Waals surface area (Å²) in [5, 5.41) is 17.4. The molecule has 2 aromatic carbocycles. The van der Waals surface area contributed by atoms with Crippen LogP contribution in [0, 0.1) is 5.92 Å². The predicted molar refractivity (Wildman–Crippen MR) is 158 cm³/mol. The average molecular weight is 619 g/mol. The molecule has 1 saturated carbocycles. The first kappa shape index (κ1) is 31.6. The van der Waals surface area contributed by atoms with Gasteiger partial charge in [-0.15, -0.1) is 0 Å². The Bertz CT molecular complexity index is 1290. The molecule has 2 aromatic rings. The van der Waals surface area contributed by atoms with E-state index in [0.717, 1.165) is 29.3 Å². The van der Waals surface area contributed by atoms with Crippen molar-refractivity contribution in [3.05, 3.63) is 60.2 Å². The minimum Gasteiger partial charge on any atom is -0.443 e. The SMILES string of the molecule is NCCNc1cccc(S(=O)(=O)N(C[C@H](O)[C@H](Cc2ccccc2)NC(=O)OC2COC3OCCC23)OC2CCCC2)c1. The van der Waals surface area contributed by atoms with E-state index in [4.69, 9.17) is 24.8 Å². The van der Waals surface area contributed by atoms with Gasteiger partial charge >= 0.3 is 6.09 Å². The fourth-order valence-corrected chi connectivity index (χ4v) is 7.11. The Kier molecular flexibility index (Phi) is 10.9. The van der Waals surface area contributed by atoms with E-state index in [2.05, 4.69) is 10.6 Å². The molecule has 0 radical (unpaired) electrons. The van der Waals surface area contributed by atoms with Crippen LogP contribution in [0.1, 0.15) is 37.7 Å². The van der Waals surface area contributed by atoms with Crippen molar-refractivity contribution in [3.8, 4) is 0 Å². The molecule has 3 unspecified atom stereocenters. The van der Waals surface area contributed by atoms with Gasteiger partial charge in [-0.25, -0.2) is 13.2 Å². The van der Waals surface area contributed by atoms with Crippen LogP contribution in [-0.4, -0.2) is 87.6 Å². The number of rotatable bonds is 14. The van der Waals surface area contributed by atoms with E-state index in [1.165, 1.54) is 12.1 Å². The Hall–Kier alpha value is -2.78. The van der Waals surface area contributed by atoms with E-state index >= 15 is 0 Å². The molecular formula is C30H42N4O8S. The molecule has 2 saturated heterocycles. The van der Waals surface area contributed by atoms with Crippen molar-refractivity contribution in [2.24, 2.45) is 11.7 Å². The van der Waals surface area contributed by atoms with Crippen molar-refractivity contribution in [2.45, 2.75) is 74.1 Å². The average Bonchev–Trinajstić information content (AvgIpc) is 3.77. The fourth-order valence-electron chi connectivity index (χ4n) is 5.76. The maximum atomic E-state index is 13.9. The summed E-state index contributed by atoms with van der Waals surface area (Å²) >= 11 is 0. The molecule has 1 amide bonds. The zero-order valence-corrected chi connectivity index (χ0v) is 25.0. The summed E-state index contributed by atoms with van der Waals surface area (Å²) in [6.07, 6.45) is 1.08. The summed E-state index contributed by atoms with van der Waals surface area (Å²) < 4.78 is 45.5. The summed E-state index contributed by atoms with van der Waals surface area (Å²) in [6, 6.07) is 14.9. The molecule has 5 atom stereocenters. The normalized spacial score (nSPS) is 23.7. The molecule has 12 nitrogen and oxygen atoms in total. The first-order chi connectivity index (χ1) is 20.8. The highest BCUT2D eigenvalue weighted by Crippen LogP contribution is 2.33. The standard InChI is InChI=1S/C30H42N4O8S/c31-14-15-32-22-9-6-12-24(18-22)43(37,38)34(42-23-10-4-5-11-23)19-27(35)26(17-21-7-2-1-3-8-21)33-30(36)41-28-20-40-29-25(28)13-16-39-29/h1-3,6-9,12,18,23,25-29,32,35H,4-5,10-11,13-17,19-20,31H2,(H,33,36)/t25?,26-,27-,28?,29?/m0/s1. The quantitative estimate of drug-likeness (QED) is 0.231. The van der Waals surface area contributed by atoms with Crippen molar-refractivity contribution < 1.29 is 37.4 Å². The second kappa shape index (κ2) is 14.8. The minimum atomic E-state index is -4.19. The number of fused-ring (bicyclic) bond motifs is 1. The number of sulfonamides is 1. The first-order valence-electron chi connectivity index (χ1n) is 15.0. The summed E-state index contributed by atoms with van der Waals surface area (Å²) in [5.74, 6) is -0.0428. The van der Waals surface area contributed by atoms with E-state index in [-0.39, 0.29) is 36.2 Å². The van der Waals surface area contributed by atoms with Gasteiger partial charge in [0.2, 0.25) is 0 Å². The van der Waals surface area contributed by atoms with Crippen LogP contribution in [0.4, 0.5) is 10.5 Å². The third-order valence-electron chi connectivity index (χ3n) is 8.09. The van der Waals surface area contributed by atoms with Gasteiger partial charge in [0.15, 0.2) is 6.29 Å². The van der Waals surface area contributed by atoms with Crippen molar-refractivity contribution in [2.75, 3.05) is 38.2 Å². The monoisotopic (exact) mass is 618 g/mol. The lowest BCUT2D eigenvalue weighted by molar-refractivity contribution is -0.145. The van der Waals surface area contributed by atoms with E-state index < -0.39 is 40.9 Å². The van der Waals surface area contributed by atoms with Gasteiger partial charge in [-0.2, -0.15) is 0 Å². The molecule has 13 heteroatoms. The number of benzene rings is 2. The molecule has 0 aromatic heterocycles. The number of hydrogen-bond donors (Lipinski definition) is 4. The smallest absolute Gasteiger partial charge is 0.407 e. The van der Waals surface area contributed by atoms with Gasteiger partial charge in [0, 0.05) is 18.8 Å². The van der Waals surface area contributed by atoms with Crippen LogP contribution in [-0.2, 0) is 35.5 Å². The summed E-state index contributed by atoms with van der Waals surface area (Å²) in [4.78, 5) is 19.1. The molecule has 5 rings (SSSR count). The van der Waals surface area contributed by atoms with Gasteiger partial charge in [-0.1, -0.05) is 53.7 Å². The van der Waals surface area contributed by atoms with E-state index in [1.807, 2.05) is 30.3 Å². The Morgan fingerprint density at radius 1 is 1.09 bits per heavy atom. The third kappa shape index (κ3) is 8.24. The number of nitrogens with one attached hydrogen (secondary N) is 2. The van der Waals surface area contributed by atoms with Crippen LogP contribution >= 0.6 is 0 Å². The summed E-state index contributed by atoms with van der Waals surface area (Å²) in [7, 11) is -4.19. The van der Waals surface area contributed by atoms with Crippen molar-refractivity contribution in [1.82, 2.24) is 9.79 Å². The zero-order chi connectivity index (χ0) is 30.2. The van der Waals surface area contributed by atoms with Crippen LogP contribution in [0.3, 0.4) is 0 Å². The molecular weight excluding hydrogens is 576 g/mol. The molecule has 3 aliphatic rings. The number of aliphatic hydroxyl groups is 1. The lowest BCUT2D eigenvalue weighted by Crippen LogP contribution is -2.51. The van der Waals surface area contributed by atoms with Gasteiger partial charge in [0.1, 0.15) is 6.10 Å². The molecule has 0 spiro atoms. The number of carbonyl (C=O) groups excluding carboxylic acids is 1. The Balaban J connectivity index is 1.34. The number of nitrogens with zero attached hydrogens (tertiary/aromatic N) is 1. The van der Waals surface area contributed by atoms with Crippen LogP contribution in [0.15, 0.2) is 59.5 Å². The lowest BCUT2D eigenvalue weighted by Gasteiger charge is -2.31. The molecule has 0 bridgehead atoms. The maximum Gasteiger partial charge on any atom is 0.407 e. The number of nitrogens with two attached hydrogens (primary N) is 1. The molecule has 236 valence electrons. The minimum absolute atomic E-state index is 0.0151. The van der Waals surface area contributed by atoms with Crippen LogP contribution in [0.2, 0.25) is 0 Å². The second-order valence-corrected chi connectivity index (χ2v) is 13.1. The van der Waals surface area contributed by atoms with Crippen molar-refractivity contribution in [3.63, 3.8) is 0 Å². The highest BCUT2D eigenvalue weighted by atomic mass is 32.2. The fraction of sp³-hybridized carbons (Fsp3) is 0.567. The van der Waals surface area contributed by atoms with Crippen LogP contribution < -0.4 is 16.4 Å². The molecule has 5 N–H and O–H groups in total. The number of hydroxylamine groups is 1. The predicted octanol–water partition coefficient (Wildman–Crippen LogP) is 2.38. The largest absolute Gasteiger partial charge is 0.443 e. The van der Waals surface area contributed by atoms with Crippen molar-refractivity contribution in [1.29, 1.82) is 0 Å². The van der Waals surface area contributed by atoms with E-state index in [9.17, 15) is 18.3 Å². The molecule has 3 fully saturated rings. The Labute approximate surface area is 252 Å². The van der Waals surface area contributed by atoms with Crippen LogP contribution in [0.25, 0.3) is 0 Å². The third-order valence-corrected chi connectivity index (χ3v) is 9.71. The van der Waals surface area contributed by atoms with Crippen LogP contribution in [0.5, 0.6) is 0 Å². The number of aliphatic hydroxyl groups excluding tert-OH is 1. The number of amides is 1.